The van der Waals surface area contributed by atoms with Gasteiger partial charge in [-0.15, -0.1) is 0 Å². The van der Waals surface area contributed by atoms with E-state index in [2.05, 4.69) is 10.3 Å². The molecule has 0 radical (unpaired) electrons. The molecule has 0 aliphatic carbocycles. The molecule has 24 heavy (non-hydrogen) atoms. The van der Waals surface area contributed by atoms with E-state index in [0.29, 0.717) is 25.2 Å². The lowest BCUT2D eigenvalue weighted by molar-refractivity contribution is -0.124. The summed E-state index contributed by atoms with van der Waals surface area (Å²) in [7, 11) is 0. The largest absolute Gasteiger partial charge is 0.356 e. The van der Waals surface area contributed by atoms with Crippen LogP contribution in [0.15, 0.2) is 24.3 Å². The SMILES string of the molecule is CCNC(=O)[C@@H]1CCN(C(=O)c2cc3cc(C)ccc3nc2C)C1. The lowest BCUT2D eigenvalue weighted by atomic mass is 10.1. The lowest BCUT2D eigenvalue weighted by Gasteiger charge is -2.18. The fourth-order valence-corrected chi connectivity index (χ4v) is 3.26. The normalized spacial score (nSPS) is 17.3. The summed E-state index contributed by atoms with van der Waals surface area (Å²) in [6, 6.07) is 7.97. The lowest BCUT2D eigenvalue weighted by Crippen LogP contribution is -2.34. The maximum absolute atomic E-state index is 12.9. The van der Waals surface area contributed by atoms with Crippen LogP contribution in [0.5, 0.6) is 0 Å². The quantitative estimate of drug-likeness (QED) is 0.943. The Morgan fingerprint density at radius 3 is 2.83 bits per heavy atom. The van der Waals surface area contributed by atoms with Crippen molar-refractivity contribution in [2.75, 3.05) is 19.6 Å². The molecule has 5 heteroatoms. The third-order valence-corrected chi connectivity index (χ3v) is 4.59. The third-order valence-electron chi connectivity index (χ3n) is 4.59. The van der Waals surface area contributed by atoms with Crippen molar-refractivity contribution in [2.24, 2.45) is 5.92 Å². The van der Waals surface area contributed by atoms with Crippen molar-refractivity contribution in [3.63, 3.8) is 0 Å². The summed E-state index contributed by atoms with van der Waals surface area (Å²) in [6.07, 6.45) is 0.719. The molecule has 0 bridgehead atoms. The number of nitrogens with zero attached hydrogens (tertiary/aromatic N) is 2. The van der Waals surface area contributed by atoms with Crippen LogP contribution in [0.2, 0.25) is 0 Å². The number of aromatic nitrogens is 1. The second-order valence-electron chi connectivity index (χ2n) is 6.45. The Bertz CT molecular complexity index is 801. The number of aryl methyl sites for hydroxylation is 2. The van der Waals surface area contributed by atoms with E-state index >= 15 is 0 Å². The summed E-state index contributed by atoms with van der Waals surface area (Å²) in [6.45, 7) is 7.52. The number of carbonyl (C=O) groups is 2. The van der Waals surface area contributed by atoms with Gasteiger partial charge in [0.1, 0.15) is 0 Å². The zero-order chi connectivity index (χ0) is 17.3. The number of hydrogen-bond acceptors (Lipinski definition) is 3. The van der Waals surface area contributed by atoms with Crippen LogP contribution >= 0.6 is 0 Å². The molecule has 2 aromatic rings. The van der Waals surface area contributed by atoms with Crippen molar-refractivity contribution in [1.82, 2.24) is 15.2 Å². The Morgan fingerprint density at radius 2 is 2.08 bits per heavy atom. The Hall–Kier alpha value is -2.43. The van der Waals surface area contributed by atoms with Crippen LogP contribution in [-0.4, -0.2) is 41.3 Å². The molecule has 1 aliphatic rings. The minimum absolute atomic E-state index is 0.0322. The van der Waals surface area contributed by atoms with Crippen LogP contribution in [-0.2, 0) is 4.79 Å². The molecule has 0 spiro atoms. The predicted octanol–water partition coefficient (Wildman–Crippen LogP) is 2.45. The van der Waals surface area contributed by atoms with Gasteiger partial charge in [-0.2, -0.15) is 0 Å². The first-order valence-electron chi connectivity index (χ1n) is 8.44. The van der Waals surface area contributed by atoms with E-state index in [-0.39, 0.29) is 17.7 Å². The van der Waals surface area contributed by atoms with E-state index in [4.69, 9.17) is 0 Å². The van der Waals surface area contributed by atoms with Gasteiger partial charge in [0.2, 0.25) is 5.91 Å². The number of fused-ring (bicyclic) bond motifs is 1. The summed E-state index contributed by atoms with van der Waals surface area (Å²) in [5, 5.41) is 3.81. The van der Waals surface area contributed by atoms with Gasteiger partial charge in [0.05, 0.1) is 22.7 Å². The fraction of sp³-hybridized carbons (Fsp3) is 0.421. The van der Waals surface area contributed by atoms with Crippen molar-refractivity contribution < 1.29 is 9.59 Å². The molecule has 1 N–H and O–H groups in total. The van der Waals surface area contributed by atoms with E-state index in [1.807, 2.05) is 45.0 Å². The predicted molar refractivity (Wildman–Crippen MR) is 93.9 cm³/mol. The average Bonchev–Trinajstić information content (AvgIpc) is 3.04. The standard InChI is InChI=1S/C19H23N3O2/c1-4-20-18(23)14-7-8-22(11-14)19(24)16-10-15-9-12(2)5-6-17(15)21-13(16)3/h5-6,9-10,14H,4,7-8,11H2,1-3H3,(H,20,23)/t14-/m1/s1. The van der Waals surface area contributed by atoms with Gasteiger partial charge in [0.25, 0.3) is 5.91 Å². The second-order valence-corrected chi connectivity index (χ2v) is 6.45. The Balaban J connectivity index is 1.84. The van der Waals surface area contributed by atoms with E-state index < -0.39 is 0 Å². The molecule has 5 nitrogen and oxygen atoms in total. The number of pyridine rings is 1. The molecule has 1 aromatic heterocycles. The van der Waals surface area contributed by atoms with Gasteiger partial charge in [0, 0.05) is 25.0 Å². The Labute approximate surface area is 142 Å². The van der Waals surface area contributed by atoms with E-state index in [1.165, 1.54) is 0 Å². The van der Waals surface area contributed by atoms with E-state index in [0.717, 1.165) is 28.6 Å². The first-order valence-corrected chi connectivity index (χ1v) is 8.44. The number of rotatable bonds is 3. The number of nitrogens with one attached hydrogen (secondary N) is 1. The number of amides is 2. The molecule has 1 saturated heterocycles. The van der Waals surface area contributed by atoms with Crippen LogP contribution in [0.1, 0.15) is 35.0 Å². The van der Waals surface area contributed by atoms with Crippen molar-refractivity contribution in [3.8, 4) is 0 Å². The van der Waals surface area contributed by atoms with Crippen LogP contribution in [0.25, 0.3) is 10.9 Å². The first-order chi connectivity index (χ1) is 11.5. The van der Waals surface area contributed by atoms with Gasteiger partial charge in [0.15, 0.2) is 0 Å². The summed E-state index contributed by atoms with van der Waals surface area (Å²) < 4.78 is 0. The number of carbonyl (C=O) groups excluding carboxylic acids is 2. The van der Waals surface area contributed by atoms with Crippen LogP contribution < -0.4 is 5.32 Å². The van der Waals surface area contributed by atoms with E-state index in [1.54, 1.807) is 4.90 Å². The zero-order valence-corrected chi connectivity index (χ0v) is 14.4. The summed E-state index contributed by atoms with van der Waals surface area (Å²) >= 11 is 0. The molecule has 0 saturated carbocycles. The topological polar surface area (TPSA) is 62.3 Å². The van der Waals surface area contributed by atoms with Crippen LogP contribution in [0.4, 0.5) is 0 Å². The fourth-order valence-electron chi connectivity index (χ4n) is 3.26. The molecule has 1 atom stereocenters. The average molecular weight is 325 g/mol. The molecule has 2 heterocycles. The van der Waals surface area contributed by atoms with Crippen LogP contribution in [0, 0.1) is 19.8 Å². The second kappa shape index (κ2) is 6.59. The maximum Gasteiger partial charge on any atom is 0.255 e. The molecule has 3 rings (SSSR count). The highest BCUT2D eigenvalue weighted by Crippen LogP contribution is 2.23. The number of hydrogen-bond donors (Lipinski definition) is 1. The molecule has 126 valence electrons. The summed E-state index contributed by atoms with van der Waals surface area (Å²) in [5.74, 6) is -0.100. The van der Waals surface area contributed by atoms with Gasteiger partial charge in [-0.3, -0.25) is 14.6 Å². The number of likely N-dealkylation sites (tertiary alicyclic amines) is 1. The molecule has 0 unspecified atom stereocenters. The van der Waals surface area contributed by atoms with Gasteiger partial charge < -0.3 is 10.2 Å². The van der Waals surface area contributed by atoms with Crippen molar-refractivity contribution in [2.45, 2.75) is 27.2 Å². The highest BCUT2D eigenvalue weighted by Gasteiger charge is 2.31. The van der Waals surface area contributed by atoms with Crippen molar-refractivity contribution >= 4 is 22.7 Å². The minimum Gasteiger partial charge on any atom is -0.356 e. The molecule has 2 amide bonds. The third kappa shape index (κ3) is 3.11. The highest BCUT2D eigenvalue weighted by molar-refractivity contribution is 5.99. The van der Waals surface area contributed by atoms with Crippen molar-refractivity contribution in [3.05, 3.63) is 41.1 Å². The first kappa shape index (κ1) is 16.4. The molecule has 1 aromatic carbocycles. The van der Waals surface area contributed by atoms with Crippen LogP contribution in [0.3, 0.4) is 0 Å². The van der Waals surface area contributed by atoms with Gasteiger partial charge in [-0.05, 0) is 45.4 Å². The highest BCUT2D eigenvalue weighted by atomic mass is 16.2. The Morgan fingerprint density at radius 1 is 1.29 bits per heavy atom. The van der Waals surface area contributed by atoms with Gasteiger partial charge >= 0.3 is 0 Å². The van der Waals surface area contributed by atoms with Crippen molar-refractivity contribution in [1.29, 1.82) is 0 Å². The molecule has 1 aliphatic heterocycles. The monoisotopic (exact) mass is 325 g/mol. The van der Waals surface area contributed by atoms with Gasteiger partial charge in [-0.25, -0.2) is 0 Å². The molecular weight excluding hydrogens is 302 g/mol. The maximum atomic E-state index is 12.9. The molecular formula is C19H23N3O2. The zero-order valence-electron chi connectivity index (χ0n) is 14.4. The van der Waals surface area contributed by atoms with E-state index in [9.17, 15) is 9.59 Å². The smallest absolute Gasteiger partial charge is 0.255 e. The van der Waals surface area contributed by atoms with Gasteiger partial charge in [-0.1, -0.05) is 11.6 Å². The minimum atomic E-state index is -0.107. The molecule has 1 fully saturated rings. The number of benzene rings is 1. The Kier molecular flexibility index (Phi) is 4.51. The summed E-state index contributed by atoms with van der Waals surface area (Å²) in [4.78, 5) is 31.2. The summed E-state index contributed by atoms with van der Waals surface area (Å²) in [5.41, 5.74) is 3.41.